The van der Waals surface area contributed by atoms with Crippen molar-refractivity contribution in [2.45, 2.75) is 59.9 Å². The molecule has 1 heteroatoms. The third-order valence-electron chi connectivity index (χ3n) is 2.77. The average Bonchev–Trinajstić information content (AvgIpc) is 1.97. The van der Waals surface area contributed by atoms with Crippen molar-refractivity contribution < 1.29 is 0 Å². The van der Waals surface area contributed by atoms with E-state index in [0.717, 1.165) is 11.8 Å². The summed E-state index contributed by atoms with van der Waals surface area (Å²) in [6.07, 6.45) is 3.71. The van der Waals surface area contributed by atoms with Gasteiger partial charge in [-0.05, 0) is 30.6 Å². The monoisotopic (exact) mass is 185 g/mol. The molecule has 2 atom stereocenters. The van der Waals surface area contributed by atoms with E-state index >= 15 is 0 Å². The molecule has 2 unspecified atom stereocenters. The van der Waals surface area contributed by atoms with Gasteiger partial charge in [0.1, 0.15) is 0 Å². The zero-order chi connectivity index (χ0) is 10.4. The molecule has 13 heavy (non-hydrogen) atoms. The molecule has 0 fully saturated rings. The summed E-state index contributed by atoms with van der Waals surface area (Å²) in [6.45, 7) is 11.3. The van der Waals surface area contributed by atoms with E-state index in [2.05, 4.69) is 34.6 Å². The minimum atomic E-state index is 0.403. The van der Waals surface area contributed by atoms with Crippen molar-refractivity contribution in [3.05, 3.63) is 0 Å². The molecule has 0 bridgehead atoms. The number of rotatable bonds is 6. The van der Waals surface area contributed by atoms with Gasteiger partial charge in [0.2, 0.25) is 0 Å². The molecule has 0 rings (SSSR count). The van der Waals surface area contributed by atoms with Gasteiger partial charge in [-0.1, -0.05) is 41.0 Å². The Hall–Kier alpha value is -0.0400. The first kappa shape index (κ1) is 13.0. The van der Waals surface area contributed by atoms with Crippen LogP contribution in [-0.2, 0) is 0 Å². The van der Waals surface area contributed by atoms with Crippen LogP contribution in [0.5, 0.6) is 0 Å². The summed E-state index contributed by atoms with van der Waals surface area (Å²) in [5.74, 6) is 2.18. The molecular formula is C12H27N. The fraction of sp³-hybridized carbons (Fsp3) is 1.00. The van der Waals surface area contributed by atoms with E-state index in [0.29, 0.717) is 12.0 Å². The first-order chi connectivity index (χ1) is 5.99. The molecule has 0 aliphatic carbocycles. The summed E-state index contributed by atoms with van der Waals surface area (Å²) in [6, 6.07) is 0.403. The van der Waals surface area contributed by atoms with Crippen molar-refractivity contribution >= 4 is 0 Å². The Bertz CT molecular complexity index is 118. The van der Waals surface area contributed by atoms with Gasteiger partial charge < -0.3 is 5.73 Å². The van der Waals surface area contributed by atoms with E-state index in [-0.39, 0.29) is 0 Å². The van der Waals surface area contributed by atoms with Gasteiger partial charge in [0, 0.05) is 6.04 Å². The van der Waals surface area contributed by atoms with Crippen LogP contribution >= 0.6 is 0 Å². The largest absolute Gasteiger partial charge is 0.327 e. The van der Waals surface area contributed by atoms with E-state index in [1.807, 2.05) is 0 Å². The maximum atomic E-state index is 6.21. The quantitative estimate of drug-likeness (QED) is 0.674. The molecule has 2 N–H and O–H groups in total. The number of hydrogen-bond acceptors (Lipinski definition) is 1. The first-order valence-electron chi connectivity index (χ1n) is 5.74. The van der Waals surface area contributed by atoms with E-state index < -0.39 is 0 Å². The third kappa shape index (κ3) is 5.30. The highest BCUT2D eigenvalue weighted by Crippen LogP contribution is 2.23. The lowest BCUT2D eigenvalue weighted by atomic mass is 9.82. The second-order valence-electron chi connectivity index (χ2n) is 4.99. The molecular weight excluding hydrogens is 158 g/mol. The second-order valence-corrected chi connectivity index (χ2v) is 4.99. The maximum absolute atomic E-state index is 6.21. The van der Waals surface area contributed by atoms with Crippen molar-refractivity contribution in [3.63, 3.8) is 0 Å². The SMILES string of the molecule is CCCC(C(C)C)C(N)CC(C)C. The molecule has 0 amide bonds. The fourth-order valence-corrected chi connectivity index (χ4v) is 2.09. The van der Waals surface area contributed by atoms with Crippen molar-refractivity contribution in [1.29, 1.82) is 0 Å². The molecule has 0 radical (unpaired) electrons. The molecule has 0 saturated heterocycles. The molecule has 0 saturated carbocycles. The second kappa shape index (κ2) is 6.42. The lowest BCUT2D eigenvalue weighted by Gasteiger charge is -2.28. The zero-order valence-electron chi connectivity index (χ0n) is 10.0. The smallest absolute Gasteiger partial charge is 0.00720 e. The van der Waals surface area contributed by atoms with E-state index in [4.69, 9.17) is 5.73 Å². The fourth-order valence-electron chi connectivity index (χ4n) is 2.09. The normalized spacial score (nSPS) is 16.6. The highest BCUT2D eigenvalue weighted by molar-refractivity contribution is 4.76. The molecule has 0 spiro atoms. The maximum Gasteiger partial charge on any atom is 0.00720 e. The topological polar surface area (TPSA) is 26.0 Å². The molecule has 0 aliphatic heterocycles. The van der Waals surface area contributed by atoms with Gasteiger partial charge in [-0.25, -0.2) is 0 Å². The summed E-state index contributed by atoms with van der Waals surface area (Å²) in [5, 5.41) is 0. The van der Waals surface area contributed by atoms with Crippen LogP contribution in [0.1, 0.15) is 53.9 Å². The van der Waals surface area contributed by atoms with Gasteiger partial charge >= 0.3 is 0 Å². The predicted molar refractivity (Wildman–Crippen MR) is 60.7 cm³/mol. The number of nitrogens with two attached hydrogens (primary N) is 1. The van der Waals surface area contributed by atoms with E-state index in [1.54, 1.807) is 0 Å². The van der Waals surface area contributed by atoms with Crippen LogP contribution in [0.3, 0.4) is 0 Å². The summed E-state index contributed by atoms with van der Waals surface area (Å²) in [4.78, 5) is 0. The lowest BCUT2D eigenvalue weighted by Crippen LogP contribution is -2.34. The van der Waals surface area contributed by atoms with Gasteiger partial charge in [0.05, 0.1) is 0 Å². The molecule has 0 aromatic carbocycles. The predicted octanol–water partition coefficient (Wildman–Crippen LogP) is 3.43. The molecule has 80 valence electrons. The van der Waals surface area contributed by atoms with Crippen LogP contribution in [0.2, 0.25) is 0 Å². The zero-order valence-corrected chi connectivity index (χ0v) is 10.0. The minimum Gasteiger partial charge on any atom is -0.327 e. The van der Waals surface area contributed by atoms with Crippen molar-refractivity contribution in [1.82, 2.24) is 0 Å². The lowest BCUT2D eigenvalue weighted by molar-refractivity contribution is 0.268. The average molecular weight is 185 g/mol. The Morgan fingerprint density at radius 2 is 1.62 bits per heavy atom. The van der Waals surface area contributed by atoms with Gasteiger partial charge in [-0.2, -0.15) is 0 Å². The highest BCUT2D eigenvalue weighted by atomic mass is 14.7. The van der Waals surface area contributed by atoms with Crippen molar-refractivity contribution in [2.75, 3.05) is 0 Å². The van der Waals surface area contributed by atoms with Crippen LogP contribution < -0.4 is 5.73 Å². The van der Waals surface area contributed by atoms with Crippen LogP contribution in [0.15, 0.2) is 0 Å². The molecule has 0 heterocycles. The van der Waals surface area contributed by atoms with Crippen LogP contribution in [0, 0.1) is 17.8 Å². The summed E-state index contributed by atoms with van der Waals surface area (Å²) in [7, 11) is 0. The van der Waals surface area contributed by atoms with Crippen LogP contribution in [0.4, 0.5) is 0 Å². The Balaban J connectivity index is 4.02. The van der Waals surface area contributed by atoms with E-state index in [1.165, 1.54) is 19.3 Å². The Labute approximate surface area is 84.1 Å². The summed E-state index contributed by atoms with van der Waals surface area (Å²) < 4.78 is 0. The van der Waals surface area contributed by atoms with Crippen LogP contribution in [0.25, 0.3) is 0 Å². The molecule has 0 aromatic heterocycles. The molecule has 0 aromatic rings. The Morgan fingerprint density at radius 1 is 1.08 bits per heavy atom. The van der Waals surface area contributed by atoms with Gasteiger partial charge in [0.15, 0.2) is 0 Å². The van der Waals surface area contributed by atoms with Crippen molar-refractivity contribution in [3.8, 4) is 0 Å². The van der Waals surface area contributed by atoms with Gasteiger partial charge in [-0.3, -0.25) is 0 Å². The van der Waals surface area contributed by atoms with Crippen LogP contribution in [-0.4, -0.2) is 6.04 Å². The standard InChI is InChI=1S/C12H27N/c1-6-7-11(10(4)5)12(13)8-9(2)3/h9-12H,6-8,13H2,1-5H3. The minimum absolute atomic E-state index is 0.403. The Morgan fingerprint density at radius 3 is 1.92 bits per heavy atom. The summed E-state index contributed by atoms with van der Waals surface area (Å²) in [5.41, 5.74) is 6.21. The number of hydrogen-bond donors (Lipinski definition) is 1. The molecule has 1 nitrogen and oxygen atoms in total. The van der Waals surface area contributed by atoms with Gasteiger partial charge in [0.25, 0.3) is 0 Å². The third-order valence-corrected chi connectivity index (χ3v) is 2.77. The van der Waals surface area contributed by atoms with Crippen molar-refractivity contribution in [2.24, 2.45) is 23.5 Å². The van der Waals surface area contributed by atoms with Gasteiger partial charge in [-0.15, -0.1) is 0 Å². The summed E-state index contributed by atoms with van der Waals surface area (Å²) >= 11 is 0. The Kier molecular flexibility index (Phi) is 6.40. The molecule has 0 aliphatic rings. The highest BCUT2D eigenvalue weighted by Gasteiger charge is 2.20. The van der Waals surface area contributed by atoms with E-state index in [9.17, 15) is 0 Å². The first-order valence-corrected chi connectivity index (χ1v) is 5.74.